The molecule has 1 atom stereocenters. The quantitative estimate of drug-likeness (QED) is 0.633. The first-order valence-electron chi connectivity index (χ1n) is 6.60. The molecule has 1 rings (SSSR count). The fraction of sp³-hybridized carbons (Fsp3) is 0.800. The molecule has 0 fully saturated rings. The molecule has 0 radical (unpaired) electrons. The first-order chi connectivity index (χ1) is 7.57. The lowest BCUT2D eigenvalue weighted by atomic mass is 9.85. The molecular formula is C15H28NO+. The van der Waals surface area contributed by atoms with Crippen LogP contribution in [-0.4, -0.2) is 23.1 Å². The van der Waals surface area contributed by atoms with E-state index >= 15 is 0 Å². The predicted molar refractivity (Wildman–Crippen MR) is 73.3 cm³/mol. The fourth-order valence-corrected chi connectivity index (χ4v) is 2.15. The molecule has 0 aromatic carbocycles. The number of ether oxygens (including phenoxy) is 1. The highest BCUT2D eigenvalue weighted by Gasteiger charge is 2.37. The monoisotopic (exact) mass is 238 g/mol. The Kier molecular flexibility index (Phi) is 3.75. The first-order valence-corrected chi connectivity index (χ1v) is 6.60. The van der Waals surface area contributed by atoms with Crippen molar-refractivity contribution in [3.63, 3.8) is 0 Å². The summed E-state index contributed by atoms with van der Waals surface area (Å²) in [5, 5.41) is 0. The summed E-state index contributed by atoms with van der Waals surface area (Å²) >= 11 is 0. The highest BCUT2D eigenvalue weighted by molar-refractivity contribution is 5.95. The summed E-state index contributed by atoms with van der Waals surface area (Å²) in [6.45, 7) is 18.7. The van der Waals surface area contributed by atoms with Gasteiger partial charge in [-0.25, -0.2) is 0 Å². The summed E-state index contributed by atoms with van der Waals surface area (Å²) < 4.78 is 8.39. The SMILES string of the molecule is CC[N+]1=C(C(C)(C)C)C=C(C(C)(C)C)OC1C. The molecule has 0 saturated heterocycles. The molecule has 0 aromatic heterocycles. The van der Waals surface area contributed by atoms with Crippen molar-refractivity contribution in [1.82, 2.24) is 0 Å². The van der Waals surface area contributed by atoms with E-state index in [0.717, 1.165) is 12.3 Å². The third-order valence-electron chi connectivity index (χ3n) is 3.16. The molecule has 1 aliphatic rings. The number of hydrogen-bond acceptors (Lipinski definition) is 1. The van der Waals surface area contributed by atoms with Gasteiger partial charge in [0.15, 0.2) is 5.71 Å². The molecule has 2 nitrogen and oxygen atoms in total. The normalized spacial score (nSPS) is 22.4. The Morgan fingerprint density at radius 2 is 1.65 bits per heavy atom. The van der Waals surface area contributed by atoms with Crippen molar-refractivity contribution >= 4 is 5.71 Å². The van der Waals surface area contributed by atoms with Crippen LogP contribution in [0.3, 0.4) is 0 Å². The van der Waals surface area contributed by atoms with E-state index in [0.29, 0.717) is 0 Å². The minimum Gasteiger partial charge on any atom is -0.438 e. The Bertz CT molecular complexity index is 350. The fourth-order valence-electron chi connectivity index (χ4n) is 2.15. The van der Waals surface area contributed by atoms with Crippen molar-refractivity contribution in [3.8, 4) is 0 Å². The van der Waals surface area contributed by atoms with Gasteiger partial charge in [-0.2, -0.15) is 4.58 Å². The van der Waals surface area contributed by atoms with E-state index in [9.17, 15) is 0 Å². The number of hydrogen-bond donors (Lipinski definition) is 0. The average Bonchev–Trinajstić information content (AvgIpc) is 2.13. The van der Waals surface area contributed by atoms with Crippen molar-refractivity contribution in [2.24, 2.45) is 10.8 Å². The topological polar surface area (TPSA) is 12.2 Å². The molecule has 1 heterocycles. The van der Waals surface area contributed by atoms with Crippen LogP contribution in [0, 0.1) is 10.8 Å². The second-order valence-corrected chi connectivity index (χ2v) is 6.90. The van der Waals surface area contributed by atoms with Crippen LogP contribution in [-0.2, 0) is 4.74 Å². The highest BCUT2D eigenvalue weighted by Crippen LogP contribution is 2.32. The second kappa shape index (κ2) is 4.47. The van der Waals surface area contributed by atoms with Gasteiger partial charge >= 0.3 is 0 Å². The number of rotatable bonds is 1. The van der Waals surface area contributed by atoms with E-state index in [-0.39, 0.29) is 17.1 Å². The van der Waals surface area contributed by atoms with Crippen LogP contribution in [0.1, 0.15) is 55.4 Å². The van der Waals surface area contributed by atoms with Gasteiger partial charge in [0, 0.05) is 23.8 Å². The maximum atomic E-state index is 6.05. The highest BCUT2D eigenvalue weighted by atomic mass is 16.5. The molecule has 17 heavy (non-hydrogen) atoms. The van der Waals surface area contributed by atoms with Crippen molar-refractivity contribution < 1.29 is 9.31 Å². The van der Waals surface area contributed by atoms with E-state index in [2.05, 4.69) is 66.0 Å². The molecule has 98 valence electrons. The molecule has 2 heteroatoms. The van der Waals surface area contributed by atoms with Crippen LogP contribution in [0.4, 0.5) is 0 Å². The van der Waals surface area contributed by atoms with Crippen molar-refractivity contribution in [3.05, 3.63) is 11.8 Å². The Balaban J connectivity index is 3.30. The van der Waals surface area contributed by atoms with Crippen molar-refractivity contribution in [2.75, 3.05) is 6.54 Å². The van der Waals surface area contributed by atoms with Gasteiger partial charge in [-0.05, 0) is 6.92 Å². The van der Waals surface area contributed by atoms with E-state index < -0.39 is 0 Å². The van der Waals surface area contributed by atoms with Crippen LogP contribution in [0.5, 0.6) is 0 Å². The van der Waals surface area contributed by atoms with E-state index in [1.54, 1.807) is 0 Å². The summed E-state index contributed by atoms with van der Waals surface area (Å²) in [5.74, 6) is 1.10. The summed E-state index contributed by atoms with van der Waals surface area (Å²) in [7, 11) is 0. The van der Waals surface area contributed by atoms with Crippen LogP contribution >= 0.6 is 0 Å². The standard InChI is InChI=1S/C15H28NO/c1-9-16-11(2)17-13(15(6,7)8)10-12(16)14(3,4)5/h10-11H,9H2,1-8H3/q+1. The first kappa shape index (κ1) is 14.3. The lowest BCUT2D eigenvalue weighted by Crippen LogP contribution is -2.41. The molecule has 0 bridgehead atoms. The Hall–Kier alpha value is -0.790. The average molecular weight is 238 g/mol. The van der Waals surface area contributed by atoms with Crippen LogP contribution in [0.25, 0.3) is 0 Å². The summed E-state index contributed by atoms with van der Waals surface area (Å²) in [6, 6.07) is 0. The second-order valence-electron chi connectivity index (χ2n) is 6.90. The van der Waals surface area contributed by atoms with Gasteiger partial charge in [-0.3, -0.25) is 0 Å². The zero-order valence-corrected chi connectivity index (χ0v) is 12.7. The van der Waals surface area contributed by atoms with Crippen molar-refractivity contribution in [1.29, 1.82) is 0 Å². The molecule has 0 aromatic rings. The molecule has 1 unspecified atom stereocenters. The largest absolute Gasteiger partial charge is 0.438 e. The minimum atomic E-state index is 0.0740. The van der Waals surface area contributed by atoms with Crippen molar-refractivity contribution in [2.45, 2.75) is 61.6 Å². The van der Waals surface area contributed by atoms with Gasteiger partial charge < -0.3 is 4.74 Å². The summed E-state index contributed by atoms with van der Waals surface area (Å²) in [5.41, 5.74) is 1.61. The number of nitrogens with zero attached hydrogens (tertiary/aromatic N) is 1. The Labute approximate surface area is 106 Å². The van der Waals surface area contributed by atoms with E-state index in [1.165, 1.54) is 5.71 Å². The lowest BCUT2D eigenvalue weighted by Gasteiger charge is -2.32. The van der Waals surface area contributed by atoms with Gasteiger partial charge in [-0.1, -0.05) is 41.5 Å². The zero-order chi connectivity index (χ0) is 13.4. The molecule has 0 aliphatic carbocycles. The summed E-state index contributed by atoms with van der Waals surface area (Å²) in [6.07, 6.45) is 2.37. The number of allylic oxidation sites excluding steroid dienone is 2. The predicted octanol–water partition coefficient (Wildman–Crippen LogP) is 3.81. The molecule has 0 saturated carbocycles. The lowest BCUT2D eigenvalue weighted by molar-refractivity contribution is -0.608. The van der Waals surface area contributed by atoms with Crippen LogP contribution in [0.2, 0.25) is 0 Å². The van der Waals surface area contributed by atoms with Gasteiger partial charge in [-0.15, -0.1) is 0 Å². The molecule has 0 N–H and O–H groups in total. The van der Waals surface area contributed by atoms with Gasteiger partial charge in [0.25, 0.3) is 6.23 Å². The van der Waals surface area contributed by atoms with Crippen LogP contribution in [0.15, 0.2) is 11.8 Å². The third kappa shape index (κ3) is 3.11. The third-order valence-corrected chi connectivity index (χ3v) is 3.16. The minimum absolute atomic E-state index is 0.0740. The van der Waals surface area contributed by atoms with Gasteiger partial charge in [0.1, 0.15) is 12.3 Å². The molecule has 1 aliphatic heterocycles. The molecule has 0 amide bonds. The Morgan fingerprint density at radius 1 is 1.12 bits per heavy atom. The smallest absolute Gasteiger partial charge is 0.293 e. The Morgan fingerprint density at radius 3 is 2.00 bits per heavy atom. The van der Waals surface area contributed by atoms with E-state index in [4.69, 9.17) is 4.74 Å². The van der Waals surface area contributed by atoms with Crippen LogP contribution < -0.4 is 0 Å². The van der Waals surface area contributed by atoms with Gasteiger partial charge in [0.05, 0.1) is 0 Å². The summed E-state index contributed by atoms with van der Waals surface area (Å²) in [4.78, 5) is 0. The van der Waals surface area contributed by atoms with Gasteiger partial charge in [0.2, 0.25) is 0 Å². The molecule has 0 spiro atoms. The maximum absolute atomic E-state index is 6.05. The molecular weight excluding hydrogens is 210 g/mol. The maximum Gasteiger partial charge on any atom is 0.293 e. The zero-order valence-electron chi connectivity index (χ0n) is 12.7. The van der Waals surface area contributed by atoms with E-state index in [1.807, 2.05) is 0 Å².